The molecule has 0 radical (unpaired) electrons. The molecule has 0 aromatic carbocycles. The SMILES string of the molecule is CC/C=C\C/C=C\C/C=C\C/C=C\C/C=C\C/C=C\CCCCCCCCCCCCC(=O)NC(COC1OC(CO)C(OC2OC(CO)C(O)C(O)C2O)C(O)C1O)C(O)/C=C/CCCCCCCCCCCCCCCC. The second kappa shape index (κ2) is 49.8. The molecule has 2 fully saturated rings. The van der Waals surface area contributed by atoms with Crippen LogP contribution < -0.4 is 5.32 Å². The molecule has 0 aromatic heterocycles. The molecule has 2 saturated heterocycles. The summed E-state index contributed by atoms with van der Waals surface area (Å²) in [4.78, 5) is 13.3. The predicted octanol–water partition coefficient (Wildman–Crippen LogP) is 11.3. The van der Waals surface area contributed by atoms with Crippen LogP contribution in [0.1, 0.15) is 226 Å². The quantitative estimate of drug-likeness (QED) is 0.0204. The first-order chi connectivity index (χ1) is 38.6. The molecule has 12 atom stereocenters. The zero-order chi connectivity index (χ0) is 57.4. The van der Waals surface area contributed by atoms with Gasteiger partial charge in [0.2, 0.25) is 5.91 Å². The summed E-state index contributed by atoms with van der Waals surface area (Å²) in [6.45, 7) is 2.68. The van der Waals surface area contributed by atoms with Crippen molar-refractivity contribution in [3.8, 4) is 0 Å². The van der Waals surface area contributed by atoms with Crippen molar-refractivity contribution in [2.45, 2.75) is 299 Å². The van der Waals surface area contributed by atoms with Gasteiger partial charge in [-0.05, 0) is 70.6 Å². The molecule has 79 heavy (non-hydrogen) atoms. The molecule has 9 N–H and O–H groups in total. The van der Waals surface area contributed by atoms with Gasteiger partial charge in [-0.25, -0.2) is 0 Å². The van der Waals surface area contributed by atoms with Gasteiger partial charge in [-0.3, -0.25) is 4.79 Å². The van der Waals surface area contributed by atoms with Gasteiger partial charge in [0.25, 0.3) is 0 Å². The highest BCUT2D eigenvalue weighted by atomic mass is 16.7. The molecule has 2 aliphatic rings. The standard InChI is InChI=1S/C65H113NO13/c1-3-5-7-9-11-13-15-17-19-21-22-23-24-25-26-27-28-29-30-31-32-33-35-37-39-41-43-45-47-49-57(70)66-53(54(69)48-46-44-42-40-38-36-34-20-18-16-14-12-10-8-6-4-2)52-76-64-62(75)60(73)63(56(51-68)78-64)79-65-61(74)59(72)58(71)55(50-67)77-65/h5,7,11,13,17,19,22-23,25-26,28-29,46,48,53-56,58-65,67-69,71-75H,3-4,6,8-10,12,14-16,18,20-21,24,27,30-45,47,49-52H2,1-2H3,(H,66,70)/b7-5-,13-11-,19-17-,23-22-,26-25-,29-28-,48-46+. The summed E-state index contributed by atoms with van der Waals surface area (Å²) in [5.41, 5.74) is 0. The van der Waals surface area contributed by atoms with Crippen LogP contribution in [0.4, 0.5) is 0 Å². The van der Waals surface area contributed by atoms with E-state index in [1.807, 2.05) is 6.08 Å². The van der Waals surface area contributed by atoms with E-state index >= 15 is 0 Å². The number of unbranched alkanes of at least 4 members (excludes halogenated alkanes) is 24. The van der Waals surface area contributed by atoms with Crippen molar-refractivity contribution in [1.29, 1.82) is 0 Å². The van der Waals surface area contributed by atoms with Crippen LogP contribution in [-0.2, 0) is 23.7 Å². The smallest absolute Gasteiger partial charge is 0.220 e. The summed E-state index contributed by atoms with van der Waals surface area (Å²) in [6, 6.07) is -0.922. The van der Waals surface area contributed by atoms with Crippen molar-refractivity contribution < 1.29 is 64.6 Å². The number of nitrogens with one attached hydrogen (secondary N) is 1. The van der Waals surface area contributed by atoms with E-state index in [0.29, 0.717) is 6.42 Å². The third-order valence-electron chi connectivity index (χ3n) is 14.8. The van der Waals surface area contributed by atoms with E-state index in [-0.39, 0.29) is 18.9 Å². The Morgan fingerprint density at radius 3 is 1.34 bits per heavy atom. The normalized spacial score (nSPS) is 25.0. The fraction of sp³-hybridized carbons (Fsp3) is 0.769. The molecule has 12 unspecified atom stereocenters. The Kier molecular flexibility index (Phi) is 45.5. The summed E-state index contributed by atoms with van der Waals surface area (Å²) >= 11 is 0. The van der Waals surface area contributed by atoms with E-state index in [2.05, 4.69) is 92.1 Å². The molecule has 456 valence electrons. The van der Waals surface area contributed by atoms with Crippen molar-refractivity contribution >= 4 is 5.91 Å². The Balaban J connectivity index is 1.72. The monoisotopic (exact) mass is 1120 g/mol. The highest BCUT2D eigenvalue weighted by Crippen LogP contribution is 2.30. The highest BCUT2D eigenvalue weighted by Gasteiger charge is 2.51. The van der Waals surface area contributed by atoms with Gasteiger partial charge >= 0.3 is 0 Å². The maximum absolute atomic E-state index is 13.3. The van der Waals surface area contributed by atoms with Crippen LogP contribution in [0.3, 0.4) is 0 Å². The van der Waals surface area contributed by atoms with Gasteiger partial charge in [0.05, 0.1) is 32.0 Å². The van der Waals surface area contributed by atoms with Crippen molar-refractivity contribution in [2.75, 3.05) is 19.8 Å². The Morgan fingerprint density at radius 2 is 0.873 bits per heavy atom. The van der Waals surface area contributed by atoms with Crippen molar-refractivity contribution in [3.63, 3.8) is 0 Å². The van der Waals surface area contributed by atoms with Crippen LogP contribution in [0.5, 0.6) is 0 Å². The van der Waals surface area contributed by atoms with Crippen LogP contribution in [0.25, 0.3) is 0 Å². The Hall–Kier alpha value is -2.83. The van der Waals surface area contributed by atoms with Crippen LogP contribution in [0.2, 0.25) is 0 Å². The average Bonchev–Trinajstić information content (AvgIpc) is 3.48. The number of ether oxygens (including phenoxy) is 4. The molecule has 0 spiro atoms. The van der Waals surface area contributed by atoms with Gasteiger partial charge in [-0.15, -0.1) is 0 Å². The molecular weight excluding hydrogens is 1000 g/mol. The number of carbonyl (C=O) groups is 1. The third kappa shape index (κ3) is 35.0. The van der Waals surface area contributed by atoms with E-state index in [9.17, 15) is 45.6 Å². The van der Waals surface area contributed by atoms with Gasteiger partial charge < -0.3 is 65.1 Å². The average molecular weight is 1120 g/mol. The fourth-order valence-electron chi connectivity index (χ4n) is 9.82. The molecule has 2 aliphatic heterocycles. The molecule has 2 heterocycles. The van der Waals surface area contributed by atoms with Gasteiger partial charge in [0, 0.05) is 6.42 Å². The maximum atomic E-state index is 13.3. The van der Waals surface area contributed by atoms with E-state index < -0.39 is 86.8 Å². The van der Waals surface area contributed by atoms with Crippen molar-refractivity contribution in [3.05, 3.63) is 85.1 Å². The number of aliphatic hydroxyl groups excluding tert-OH is 8. The van der Waals surface area contributed by atoms with E-state index in [0.717, 1.165) is 83.5 Å². The first-order valence-corrected chi connectivity index (χ1v) is 31.3. The largest absolute Gasteiger partial charge is 0.394 e. The van der Waals surface area contributed by atoms with Crippen molar-refractivity contribution in [2.24, 2.45) is 0 Å². The molecule has 0 aliphatic carbocycles. The number of hydrogen-bond acceptors (Lipinski definition) is 13. The molecule has 14 heteroatoms. The lowest BCUT2D eigenvalue weighted by molar-refractivity contribution is -0.359. The summed E-state index contributed by atoms with van der Waals surface area (Å²) in [5, 5.41) is 87.2. The lowest BCUT2D eigenvalue weighted by Crippen LogP contribution is -2.65. The number of aliphatic hydroxyl groups is 8. The molecular formula is C65H113NO13. The number of hydrogen-bond donors (Lipinski definition) is 9. The number of carbonyl (C=O) groups excluding carboxylic acids is 1. The summed E-state index contributed by atoms with van der Waals surface area (Å²) in [6.07, 6.45) is 50.4. The minimum Gasteiger partial charge on any atom is -0.394 e. The number of allylic oxidation sites excluding steroid dienone is 13. The number of rotatable bonds is 49. The fourth-order valence-corrected chi connectivity index (χ4v) is 9.82. The zero-order valence-corrected chi connectivity index (χ0v) is 49.1. The van der Waals surface area contributed by atoms with Crippen molar-refractivity contribution in [1.82, 2.24) is 5.32 Å². The molecule has 0 aromatic rings. The summed E-state index contributed by atoms with van der Waals surface area (Å²) in [5.74, 6) is -0.247. The molecule has 0 bridgehead atoms. The lowest BCUT2D eigenvalue weighted by Gasteiger charge is -2.46. The topological polar surface area (TPSA) is 228 Å². The number of amides is 1. The Labute approximate surface area is 478 Å². The maximum Gasteiger partial charge on any atom is 0.220 e. The third-order valence-corrected chi connectivity index (χ3v) is 14.8. The first kappa shape index (κ1) is 72.3. The minimum absolute atomic E-state index is 0.247. The molecule has 0 saturated carbocycles. The molecule has 1 amide bonds. The lowest BCUT2D eigenvalue weighted by atomic mass is 9.97. The van der Waals surface area contributed by atoms with E-state index in [1.54, 1.807) is 6.08 Å². The van der Waals surface area contributed by atoms with Gasteiger partial charge in [0.1, 0.15) is 48.8 Å². The first-order valence-electron chi connectivity index (χ1n) is 31.3. The van der Waals surface area contributed by atoms with Crippen LogP contribution in [-0.4, -0.2) is 140 Å². The Bertz CT molecular complexity index is 1650. The van der Waals surface area contributed by atoms with Crippen LogP contribution in [0, 0.1) is 0 Å². The van der Waals surface area contributed by atoms with Gasteiger partial charge in [-0.1, -0.05) is 234 Å². The molecule has 2 rings (SSSR count). The van der Waals surface area contributed by atoms with E-state index in [1.165, 1.54) is 116 Å². The van der Waals surface area contributed by atoms with E-state index in [4.69, 9.17) is 18.9 Å². The summed E-state index contributed by atoms with van der Waals surface area (Å²) < 4.78 is 22.8. The van der Waals surface area contributed by atoms with Gasteiger partial charge in [-0.2, -0.15) is 0 Å². The van der Waals surface area contributed by atoms with Crippen LogP contribution >= 0.6 is 0 Å². The summed E-state index contributed by atoms with van der Waals surface area (Å²) in [7, 11) is 0. The zero-order valence-electron chi connectivity index (χ0n) is 49.1. The second-order valence-corrected chi connectivity index (χ2v) is 21.8. The molecule has 14 nitrogen and oxygen atoms in total. The second-order valence-electron chi connectivity index (χ2n) is 21.8. The van der Waals surface area contributed by atoms with Gasteiger partial charge in [0.15, 0.2) is 12.6 Å². The van der Waals surface area contributed by atoms with Crippen LogP contribution in [0.15, 0.2) is 85.1 Å². The Morgan fingerprint density at radius 1 is 0.468 bits per heavy atom. The highest BCUT2D eigenvalue weighted by molar-refractivity contribution is 5.76. The minimum atomic E-state index is -1.79. The predicted molar refractivity (Wildman–Crippen MR) is 318 cm³/mol.